The summed E-state index contributed by atoms with van der Waals surface area (Å²) in [5.41, 5.74) is 4.09. The normalized spacial score (nSPS) is 10.9. The Hall–Kier alpha value is -4.91. The maximum absolute atomic E-state index is 12.3. The Morgan fingerprint density at radius 1 is 0.944 bits per heavy atom. The van der Waals surface area contributed by atoms with E-state index in [0.717, 1.165) is 17.4 Å². The van der Waals surface area contributed by atoms with Gasteiger partial charge in [0.05, 0.1) is 21.8 Å². The summed E-state index contributed by atoms with van der Waals surface area (Å²) in [6.07, 6.45) is 1.37. The summed E-state index contributed by atoms with van der Waals surface area (Å²) >= 11 is 1.12. The van der Waals surface area contributed by atoms with Crippen molar-refractivity contribution >= 4 is 35.3 Å². The number of aromatic nitrogens is 3. The Morgan fingerprint density at radius 2 is 1.67 bits per heavy atom. The number of rotatable bonds is 9. The number of carbonyl (C=O) groups is 1. The Labute approximate surface area is 208 Å². The van der Waals surface area contributed by atoms with Crippen LogP contribution >= 0.6 is 11.8 Å². The van der Waals surface area contributed by atoms with E-state index in [9.17, 15) is 25.0 Å². The second kappa shape index (κ2) is 11.0. The van der Waals surface area contributed by atoms with Gasteiger partial charge in [-0.1, -0.05) is 42.1 Å². The van der Waals surface area contributed by atoms with Gasteiger partial charge in [-0.25, -0.2) is 5.43 Å². The van der Waals surface area contributed by atoms with Crippen molar-refractivity contribution in [1.82, 2.24) is 20.2 Å². The Morgan fingerprint density at radius 3 is 2.36 bits per heavy atom. The summed E-state index contributed by atoms with van der Waals surface area (Å²) in [6.45, 7) is 0. The molecule has 4 rings (SSSR count). The number of carbonyl (C=O) groups excluding carboxylic acids is 1. The van der Waals surface area contributed by atoms with Crippen LogP contribution in [-0.2, 0) is 4.79 Å². The molecule has 0 atom stereocenters. The number of hydrazone groups is 1. The van der Waals surface area contributed by atoms with Gasteiger partial charge in [0.2, 0.25) is 0 Å². The fourth-order valence-electron chi connectivity index (χ4n) is 3.14. The van der Waals surface area contributed by atoms with Crippen molar-refractivity contribution < 1.29 is 14.6 Å². The second-order valence-corrected chi connectivity index (χ2v) is 8.16. The molecule has 1 aromatic heterocycles. The average molecular weight is 504 g/mol. The highest BCUT2D eigenvalue weighted by Crippen LogP contribution is 2.29. The number of para-hydroxylation sites is 1. The summed E-state index contributed by atoms with van der Waals surface area (Å²) in [5.74, 6) is -0.0426. The van der Waals surface area contributed by atoms with Crippen LogP contribution in [0.15, 0.2) is 89.1 Å². The molecule has 1 amide bonds. The molecule has 0 aliphatic heterocycles. The van der Waals surface area contributed by atoms with Crippen molar-refractivity contribution in [2.24, 2.45) is 5.10 Å². The third-order valence-corrected chi connectivity index (χ3v) is 5.73. The molecule has 36 heavy (non-hydrogen) atoms. The van der Waals surface area contributed by atoms with Crippen LogP contribution in [0, 0.1) is 20.2 Å². The van der Waals surface area contributed by atoms with Crippen LogP contribution in [0.2, 0.25) is 0 Å². The Kier molecular flexibility index (Phi) is 7.41. The van der Waals surface area contributed by atoms with Crippen molar-refractivity contribution in [3.05, 3.63) is 105 Å². The predicted octanol–water partition coefficient (Wildman–Crippen LogP) is 3.99. The maximum atomic E-state index is 12.3. The number of amides is 1. The van der Waals surface area contributed by atoms with Gasteiger partial charge in [-0.3, -0.25) is 29.6 Å². The minimum Gasteiger partial charge on any atom is -0.272 e. The SMILES string of the molecule is O=C(CSc1nnc(-c2cccc([N+](=O)[O-])c2)n1-c1ccccc1)N/N=C\c1ccc([N+](=O)[O-])cc1. The van der Waals surface area contributed by atoms with Crippen molar-refractivity contribution in [2.75, 3.05) is 5.75 Å². The molecule has 0 unspecified atom stereocenters. The summed E-state index contributed by atoms with van der Waals surface area (Å²) in [4.78, 5) is 33.3. The third kappa shape index (κ3) is 5.77. The molecule has 0 spiro atoms. The maximum Gasteiger partial charge on any atom is 0.270 e. The molecular formula is C23H17N7O5S. The summed E-state index contributed by atoms with van der Waals surface area (Å²) in [7, 11) is 0. The number of thioether (sulfide) groups is 1. The van der Waals surface area contributed by atoms with Crippen molar-refractivity contribution in [3.8, 4) is 17.1 Å². The van der Waals surface area contributed by atoms with Crippen LogP contribution in [0.1, 0.15) is 5.56 Å². The van der Waals surface area contributed by atoms with Crippen LogP contribution in [0.3, 0.4) is 0 Å². The lowest BCUT2D eigenvalue weighted by molar-refractivity contribution is -0.385. The van der Waals surface area contributed by atoms with E-state index in [1.54, 1.807) is 16.7 Å². The molecule has 0 radical (unpaired) electrons. The molecule has 3 aromatic carbocycles. The molecule has 1 N–H and O–H groups in total. The van der Waals surface area contributed by atoms with E-state index < -0.39 is 15.8 Å². The lowest BCUT2D eigenvalue weighted by Crippen LogP contribution is -2.20. The highest BCUT2D eigenvalue weighted by atomic mass is 32.2. The first-order chi connectivity index (χ1) is 17.4. The fourth-order valence-corrected chi connectivity index (χ4v) is 3.89. The Bertz CT molecular complexity index is 1440. The van der Waals surface area contributed by atoms with E-state index in [1.807, 2.05) is 30.3 Å². The predicted molar refractivity (Wildman–Crippen MR) is 133 cm³/mol. The topological polar surface area (TPSA) is 158 Å². The van der Waals surface area contributed by atoms with Gasteiger partial charge in [0.15, 0.2) is 11.0 Å². The van der Waals surface area contributed by atoms with Crippen molar-refractivity contribution in [3.63, 3.8) is 0 Å². The summed E-state index contributed by atoms with van der Waals surface area (Å²) in [6, 6.07) is 21.0. The second-order valence-electron chi connectivity index (χ2n) is 7.22. The highest BCUT2D eigenvalue weighted by molar-refractivity contribution is 7.99. The number of nitro groups is 2. The first kappa shape index (κ1) is 24.2. The molecule has 12 nitrogen and oxygen atoms in total. The number of non-ortho nitro benzene ring substituents is 2. The summed E-state index contributed by atoms with van der Waals surface area (Å²) < 4.78 is 1.72. The number of benzene rings is 3. The van der Waals surface area contributed by atoms with Gasteiger partial charge in [-0.05, 0) is 29.8 Å². The quantitative estimate of drug-likeness (QED) is 0.155. The zero-order valence-corrected chi connectivity index (χ0v) is 19.2. The molecule has 0 saturated carbocycles. The number of hydrogen-bond donors (Lipinski definition) is 1. The molecular weight excluding hydrogens is 486 g/mol. The standard InChI is InChI=1S/C23H17N7O5S/c31-21(25-24-14-16-9-11-19(12-10-16)29(32)33)15-36-23-27-26-22(28(23)18-6-2-1-3-7-18)17-5-4-8-20(13-17)30(34)35/h1-14H,15H2,(H,25,31)/b24-14-. The van der Waals surface area contributed by atoms with Crippen LogP contribution in [-0.4, -0.2) is 42.5 Å². The fraction of sp³-hybridized carbons (Fsp3) is 0.0435. The molecule has 13 heteroatoms. The van der Waals surface area contributed by atoms with Gasteiger partial charge in [0, 0.05) is 35.5 Å². The van der Waals surface area contributed by atoms with E-state index in [0.29, 0.717) is 22.1 Å². The van der Waals surface area contributed by atoms with E-state index in [2.05, 4.69) is 20.7 Å². The molecule has 0 aliphatic carbocycles. The van der Waals surface area contributed by atoms with Gasteiger partial charge in [0.1, 0.15) is 0 Å². The van der Waals surface area contributed by atoms with Crippen LogP contribution < -0.4 is 5.43 Å². The van der Waals surface area contributed by atoms with Gasteiger partial charge in [-0.2, -0.15) is 5.10 Å². The number of hydrogen-bond acceptors (Lipinski definition) is 9. The molecule has 0 fully saturated rings. The third-order valence-electron chi connectivity index (χ3n) is 4.80. The van der Waals surface area contributed by atoms with Crippen molar-refractivity contribution in [1.29, 1.82) is 0 Å². The number of nitro benzene ring substituents is 2. The zero-order chi connectivity index (χ0) is 25.5. The van der Waals surface area contributed by atoms with Gasteiger partial charge in [0.25, 0.3) is 17.3 Å². The van der Waals surface area contributed by atoms with E-state index in [-0.39, 0.29) is 17.1 Å². The lowest BCUT2D eigenvalue weighted by Gasteiger charge is -2.10. The Balaban J connectivity index is 1.49. The van der Waals surface area contributed by atoms with Gasteiger partial charge >= 0.3 is 0 Å². The van der Waals surface area contributed by atoms with E-state index >= 15 is 0 Å². The molecule has 1 heterocycles. The number of nitrogens with zero attached hydrogens (tertiary/aromatic N) is 6. The molecule has 0 saturated heterocycles. The molecule has 4 aromatic rings. The van der Waals surface area contributed by atoms with Crippen molar-refractivity contribution in [2.45, 2.75) is 5.16 Å². The largest absolute Gasteiger partial charge is 0.272 e. The van der Waals surface area contributed by atoms with Gasteiger partial charge < -0.3 is 0 Å². The first-order valence-electron chi connectivity index (χ1n) is 10.4. The van der Waals surface area contributed by atoms with E-state index in [4.69, 9.17) is 0 Å². The molecule has 180 valence electrons. The average Bonchev–Trinajstić information content (AvgIpc) is 3.32. The minimum atomic E-state index is -0.501. The minimum absolute atomic E-state index is 0.0303. The van der Waals surface area contributed by atoms with E-state index in [1.165, 1.54) is 42.6 Å². The number of nitrogens with one attached hydrogen (secondary N) is 1. The monoisotopic (exact) mass is 503 g/mol. The first-order valence-corrected chi connectivity index (χ1v) is 11.4. The van der Waals surface area contributed by atoms with Crippen LogP contribution in [0.25, 0.3) is 17.1 Å². The molecule has 0 bridgehead atoms. The van der Waals surface area contributed by atoms with Crippen LogP contribution in [0.5, 0.6) is 0 Å². The zero-order valence-electron chi connectivity index (χ0n) is 18.4. The molecule has 0 aliphatic rings. The van der Waals surface area contributed by atoms with Crippen LogP contribution in [0.4, 0.5) is 11.4 Å². The smallest absolute Gasteiger partial charge is 0.270 e. The lowest BCUT2D eigenvalue weighted by atomic mass is 10.2. The summed E-state index contributed by atoms with van der Waals surface area (Å²) in [5, 5.41) is 34.6. The highest BCUT2D eigenvalue weighted by Gasteiger charge is 2.19. The van der Waals surface area contributed by atoms with Gasteiger partial charge in [-0.15, -0.1) is 10.2 Å².